The highest BCUT2D eigenvalue weighted by molar-refractivity contribution is 6.30. The number of nitrogens with one attached hydrogen (secondary N) is 2. The molecular formula is C23H28ClN3O2. The van der Waals surface area contributed by atoms with E-state index in [1.165, 1.54) is 0 Å². The van der Waals surface area contributed by atoms with Gasteiger partial charge in [-0.1, -0.05) is 18.5 Å². The maximum absolute atomic E-state index is 12.9. The summed E-state index contributed by atoms with van der Waals surface area (Å²) in [7, 11) is 0. The van der Waals surface area contributed by atoms with Crippen molar-refractivity contribution >= 4 is 34.8 Å². The smallest absolute Gasteiger partial charge is 0.255 e. The summed E-state index contributed by atoms with van der Waals surface area (Å²) < 4.78 is 0. The fourth-order valence-electron chi connectivity index (χ4n) is 3.47. The second kappa shape index (κ2) is 9.31. The molecule has 0 radical (unpaired) electrons. The van der Waals surface area contributed by atoms with Crippen molar-refractivity contribution in [2.45, 2.75) is 39.7 Å². The number of amides is 2. The second-order valence-electron chi connectivity index (χ2n) is 7.99. The largest absolute Gasteiger partial charge is 0.371 e. The molecule has 3 rings (SSSR count). The van der Waals surface area contributed by atoms with E-state index in [4.69, 9.17) is 11.6 Å². The average Bonchev–Trinajstić information content (AvgIpc) is 2.68. The molecule has 0 saturated carbocycles. The molecule has 2 aromatic rings. The van der Waals surface area contributed by atoms with E-state index >= 15 is 0 Å². The molecule has 0 atom stereocenters. The lowest BCUT2D eigenvalue weighted by Crippen LogP contribution is -2.36. The van der Waals surface area contributed by atoms with Gasteiger partial charge in [-0.3, -0.25) is 9.59 Å². The minimum Gasteiger partial charge on any atom is -0.371 e. The van der Waals surface area contributed by atoms with Crippen LogP contribution in [0.4, 0.5) is 11.4 Å². The van der Waals surface area contributed by atoms with E-state index in [0.717, 1.165) is 31.6 Å². The highest BCUT2D eigenvalue weighted by atomic mass is 35.5. The third-order valence-corrected chi connectivity index (χ3v) is 5.40. The Labute approximate surface area is 177 Å². The molecule has 6 heteroatoms. The van der Waals surface area contributed by atoms with Crippen molar-refractivity contribution in [3.05, 3.63) is 58.6 Å². The van der Waals surface area contributed by atoms with Crippen LogP contribution in [0.15, 0.2) is 42.5 Å². The van der Waals surface area contributed by atoms with E-state index in [1.54, 1.807) is 30.3 Å². The lowest BCUT2D eigenvalue weighted by Gasteiger charge is -2.33. The molecule has 1 fully saturated rings. The van der Waals surface area contributed by atoms with E-state index in [2.05, 4.69) is 22.5 Å². The Balaban J connectivity index is 1.86. The highest BCUT2D eigenvalue weighted by Gasteiger charge is 2.22. The fourth-order valence-corrected chi connectivity index (χ4v) is 3.59. The number of piperidine rings is 1. The summed E-state index contributed by atoms with van der Waals surface area (Å²) in [5.41, 5.74) is 2.60. The van der Waals surface area contributed by atoms with Crippen molar-refractivity contribution < 1.29 is 9.59 Å². The third-order valence-electron chi connectivity index (χ3n) is 5.15. The normalized spacial score (nSPS) is 14.7. The van der Waals surface area contributed by atoms with Gasteiger partial charge in [0.2, 0.25) is 0 Å². The van der Waals surface area contributed by atoms with Crippen LogP contribution in [-0.2, 0) is 0 Å². The summed E-state index contributed by atoms with van der Waals surface area (Å²) in [5.74, 6) is 0.338. The van der Waals surface area contributed by atoms with Gasteiger partial charge in [-0.25, -0.2) is 0 Å². The van der Waals surface area contributed by atoms with Crippen LogP contribution >= 0.6 is 11.6 Å². The molecule has 1 aliphatic rings. The zero-order valence-corrected chi connectivity index (χ0v) is 17.9. The summed E-state index contributed by atoms with van der Waals surface area (Å²) in [6.07, 6.45) is 2.22. The average molecular weight is 414 g/mol. The van der Waals surface area contributed by atoms with Crippen molar-refractivity contribution in [3.63, 3.8) is 0 Å². The van der Waals surface area contributed by atoms with Gasteiger partial charge >= 0.3 is 0 Å². The third kappa shape index (κ3) is 5.51. The summed E-state index contributed by atoms with van der Waals surface area (Å²) >= 11 is 5.89. The van der Waals surface area contributed by atoms with Crippen molar-refractivity contribution in [3.8, 4) is 0 Å². The van der Waals surface area contributed by atoms with Gasteiger partial charge in [0.1, 0.15) is 0 Å². The number of nitrogens with zero attached hydrogens (tertiary/aromatic N) is 1. The topological polar surface area (TPSA) is 61.4 Å². The molecule has 1 aliphatic heterocycles. The molecule has 0 unspecified atom stereocenters. The monoisotopic (exact) mass is 413 g/mol. The molecule has 154 valence electrons. The minimum atomic E-state index is -0.239. The van der Waals surface area contributed by atoms with E-state index < -0.39 is 0 Å². The molecule has 5 nitrogen and oxygen atoms in total. The second-order valence-corrected chi connectivity index (χ2v) is 8.43. The molecule has 0 spiro atoms. The quantitative estimate of drug-likeness (QED) is 0.727. The van der Waals surface area contributed by atoms with E-state index in [9.17, 15) is 9.59 Å². The number of rotatable bonds is 5. The van der Waals surface area contributed by atoms with Gasteiger partial charge < -0.3 is 15.5 Å². The van der Waals surface area contributed by atoms with Gasteiger partial charge in [0, 0.05) is 41.1 Å². The van der Waals surface area contributed by atoms with Crippen LogP contribution < -0.4 is 15.5 Å². The summed E-state index contributed by atoms with van der Waals surface area (Å²) in [5, 5.41) is 6.43. The molecule has 0 bridgehead atoms. The number of anilines is 2. The number of halogens is 1. The van der Waals surface area contributed by atoms with Gasteiger partial charge in [0.05, 0.1) is 5.56 Å². The lowest BCUT2D eigenvalue weighted by atomic mass is 9.97. The minimum absolute atomic E-state index is 0.0315. The van der Waals surface area contributed by atoms with Crippen molar-refractivity contribution in [2.75, 3.05) is 23.3 Å². The maximum Gasteiger partial charge on any atom is 0.255 e. The molecule has 1 saturated heterocycles. The Morgan fingerprint density at radius 2 is 1.69 bits per heavy atom. The molecule has 2 aromatic carbocycles. The van der Waals surface area contributed by atoms with Crippen molar-refractivity contribution in [2.24, 2.45) is 5.92 Å². The van der Waals surface area contributed by atoms with Crippen molar-refractivity contribution in [1.29, 1.82) is 0 Å². The van der Waals surface area contributed by atoms with Gasteiger partial charge in [-0.2, -0.15) is 0 Å². The first kappa shape index (κ1) is 21.2. The van der Waals surface area contributed by atoms with Crippen LogP contribution in [0.2, 0.25) is 5.02 Å². The van der Waals surface area contributed by atoms with Crippen molar-refractivity contribution in [1.82, 2.24) is 5.32 Å². The molecule has 1 heterocycles. The summed E-state index contributed by atoms with van der Waals surface area (Å²) in [6.45, 7) is 8.00. The van der Waals surface area contributed by atoms with Crippen LogP contribution in [0.1, 0.15) is 54.3 Å². The van der Waals surface area contributed by atoms with E-state index in [-0.39, 0.29) is 17.9 Å². The Kier molecular flexibility index (Phi) is 6.80. The van der Waals surface area contributed by atoms with Crippen LogP contribution in [0, 0.1) is 5.92 Å². The molecule has 0 aliphatic carbocycles. The first-order valence-corrected chi connectivity index (χ1v) is 10.5. The molecule has 29 heavy (non-hydrogen) atoms. The van der Waals surface area contributed by atoms with Crippen LogP contribution in [-0.4, -0.2) is 30.9 Å². The highest BCUT2D eigenvalue weighted by Crippen LogP contribution is 2.29. The predicted octanol–water partition coefficient (Wildman–Crippen LogP) is 4.97. The predicted molar refractivity (Wildman–Crippen MR) is 119 cm³/mol. The molecule has 0 aromatic heterocycles. The van der Waals surface area contributed by atoms with Crippen LogP contribution in [0.5, 0.6) is 0 Å². The number of carbonyl (C=O) groups excluding carboxylic acids is 2. The summed E-state index contributed by atoms with van der Waals surface area (Å²) in [6, 6.07) is 12.3. The summed E-state index contributed by atoms with van der Waals surface area (Å²) in [4.78, 5) is 27.7. The molecular weight excluding hydrogens is 386 g/mol. The Morgan fingerprint density at radius 3 is 2.31 bits per heavy atom. The maximum atomic E-state index is 12.9. The Bertz CT molecular complexity index is 872. The Hall–Kier alpha value is -2.53. The zero-order chi connectivity index (χ0) is 21.0. The number of hydrogen-bond donors (Lipinski definition) is 2. The zero-order valence-electron chi connectivity index (χ0n) is 17.2. The first-order valence-electron chi connectivity index (χ1n) is 10.1. The number of benzene rings is 2. The van der Waals surface area contributed by atoms with E-state index in [0.29, 0.717) is 27.8 Å². The SMILES string of the molecule is CC1CCN(c2ccc(NC(=O)c3ccc(Cl)cc3)cc2C(=O)NC(C)C)CC1. The van der Waals surface area contributed by atoms with Crippen LogP contribution in [0.25, 0.3) is 0 Å². The molecule has 2 N–H and O–H groups in total. The lowest BCUT2D eigenvalue weighted by molar-refractivity contribution is 0.0942. The van der Waals surface area contributed by atoms with Crippen LogP contribution in [0.3, 0.4) is 0 Å². The van der Waals surface area contributed by atoms with E-state index in [1.807, 2.05) is 26.0 Å². The van der Waals surface area contributed by atoms with Gasteiger partial charge in [0.15, 0.2) is 0 Å². The Morgan fingerprint density at radius 1 is 1.03 bits per heavy atom. The van der Waals surface area contributed by atoms with Gasteiger partial charge in [-0.05, 0) is 75.1 Å². The van der Waals surface area contributed by atoms with Gasteiger partial charge in [0.25, 0.3) is 11.8 Å². The van der Waals surface area contributed by atoms with Gasteiger partial charge in [-0.15, -0.1) is 0 Å². The molecule has 2 amide bonds. The fraction of sp³-hybridized carbons (Fsp3) is 0.391. The number of carbonyl (C=O) groups is 2. The standard InChI is InChI=1S/C23H28ClN3O2/c1-15(2)25-23(29)20-14-19(26-22(28)17-4-6-18(24)7-5-17)8-9-21(20)27-12-10-16(3)11-13-27/h4-9,14-16H,10-13H2,1-3H3,(H,25,29)(H,26,28). The number of hydrogen-bond acceptors (Lipinski definition) is 3. The first-order chi connectivity index (χ1) is 13.8.